The monoisotopic (exact) mass is 277 g/mol. The van der Waals surface area contributed by atoms with Gasteiger partial charge in [0.2, 0.25) is 5.88 Å². The van der Waals surface area contributed by atoms with E-state index in [1.165, 1.54) is 6.33 Å². The van der Waals surface area contributed by atoms with Gasteiger partial charge in [0.05, 0.1) is 12.9 Å². The Morgan fingerprint density at radius 2 is 2.25 bits per heavy atom. The van der Waals surface area contributed by atoms with E-state index in [4.69, 9.17) is 9.47 Å². The number of ether oxygens (including phenoxy) is 2. The van der Waals surface area contributed by atoms with Crippen LogP contribution >= 0.6 is 0 Å². The summed E-state index contributed by atoms with van der Waals surface area (Å²) >= 11 is 0. The predicted octanol–water partition coefficient (Wildman–Crippen LogP) is 1.20. The van der Waals surface area contributed by atoms with Crippen molar-refractivity contribution in [1.29, 1.82) is 0 Å². The fraction of sp³-hybridized carbons (Fsp3) is 0.462. The van der Waals surface area contributed by atoms with E-state index in [2.05, 4.69) is 20.3 Å². The van der Waals surface area contributed by atoms with Gasteiger partial charge < -0.3 is 19.4 Å². The normalized spacial score (nSPS) is 10.4. The molecule has 0 aliphatic rings. The van der Waals surface area contributed by atoms with Gasteiger partial charge in [-0.25, -0.2) is 15.0 Å². The van der Waals surface area contributed by atoms with Crippen LogP contribution in [0.15, 0.2) is 31.1 Å². The van der Waals surface area contributed by atoms with Gasteiger partial charge in [-0.05, 0) is 6.42 Å². The molecule has 0 amide bonds. The molecule has 0 bridgehead atoms. The van der Waals surface area contributed by atoms with Gasteiger partial charge in [0.25, 0.3) is 0 Å². The molecule has 2 aromatic rings. The van der Waals surface area contributed by atoms with Crippen LogP contribution in [0.2, 0.25) is 0 Å². The molecule has 108 valence electrons. The van der Waals surface area contributed by atoms with Crippen molar-refractivity contribution in [1.82, 2.24) is 19.5 Å². The highest BCUT2D eigenvalue weighted by Gasteiger charge is 1.99. The van der Waals surface area contributed by atoms with Gasteiger partial charge >= 0.3 is 0 Å². The number of rotatable bonds is 9. The lowest BCUT2D eigenvalue weighted by molar-refractivity contribution is 0.143. The van der Waals surface area contributed by atoms with Gasteiger partial charge in [0, 0.05) is 38.7 Å². The minimum Gasteiger partial charge on any atom is -0.475 e. The molecule has 7 heteroatoms. The van der Waals surface area contributed by atoms with Crippen molar-refractivity contribution in [3.8, 4) is 5.88 Å². The molecule has 2 heterocycles. The lowest BCUT2D eigenvalue weighted by Crippen LogP contribution is -2.09. The van der Waals surface area contributed by atoms with E-state index in [0.29, 0.717) is 19.1 Å². The maximum absolute atomic E-state index is 5.42. The quantitative estimate of drug-likeness (QED) is 0.694. The molecule has 0 aliphatic heterocycles. The van der Waals surface area contributed by atoms with Crippen LogP contribution in [0, 0.1) is 0 Å². The van der Waals surface area contributed by atoms with E-state index in [1.54, 1.807) is 19.4 Å². The third-order valence-electron chi connectivity index (χ3n) is 2.64. The molecular formula is C13H19N5O2. The fourth-order valence-electron chi connectivity index (χ4n) is 1.64. The minimum absolute atomic E-state index is 0.480. The Bertz CT molecular complexity index is 489. The molecular weight excluding hydrogens is 258 g/mol. The van der Waals surface area contributed by atoms with Gasteiger partial charge in [-0.1, -0.05) is 0 Å². The van der Waals surface area contributed by atoms with Gasteiger partial charge in [0.15, 0.2) is 0 Å². The van der Waals surface area contributed by atoms with Crippen molar-refractivity contribution in [3.63, 3.8) is 0 Å². The van der Waals surface area contributed by atoms with Crippen molar-refractivity contribution >= 4 is 5.82 Å². The van der Waals surface area contributed by atoms with Gasteiger partial charge in [-0.2, -0.15) is 0 Å². The maximum atomic E-state index is 5.42. The number of hydrogen-bond acceptors (Lipinski definition) is 6. The lowest BCUT2D eigenvalue weighted by atomic mass is 10.4. The molecule has 20 heavy (non-hydrogen) atoms. The zero-order valence-electron chi connectivity index (χ0n) is 11.5. The molecule has 0 radical (unpaired) electrons. The molecule has 0 spiro atoms. The first-order chi connectivity index (χ1) is 9.88. The molecule has 7 nitrogen and oxygen atoms in total. The zero-order chi connectivity index (χ0) is 14.0. The van der Waals surface area contributed by atoms with E-state index in [9.17, 15) is 0 Å². The highest BCUT2D eigenvalue weighted by Crippen LogP contribution is 2.10. The van der Waals surface area contributed by atoms with Crippen LogP contribution in [0.5, 0.6) is 5.88 Å². The second-order valence-corrected chi connectivity index (χ2v) is 4.16. The van der Waals surface area contributed by atoms with E-state index >= 15 is 0 Å². The van der Waals surface area contributed by atoms with Crippen molar-refractivity contribution in [2.24, 2.45) is 0 Å². The van der Waals surface area contributed by atoms with E-state index in [-0.39, 0.29) is 0 Å². The summed E-state index contributed by atoms with van der Waals surface area (Å²) in [6, 6.07) is 1.78. The summed E-state index contributed by atoms with van der Waals surface area (Å²) in [7, 11) is 1.64. The maximum Gasteiger partial charge on any atom is 0.218 e. The summed E-state index contributed by atoms with van der Waals surface area (Å²) in [5.74, 6) is 1.31. The van der Waals surface area contributed by atoms with Crippen molar-refractivity contribution in [2.75, 3.05) is 32.2 Å². The fourth-order valence-corrected chi connectivity index (χ4v) is 1.64. The van der Waals surface area contributed by atoms with Crippen LogP contribution in [0.3, 0.4) is 0 Å². The van der Waals surface area contributed by atoms with Crippen molar-refractivity contribution in [3.05, 3.63) is 31.1 Å². The first-order valence-corrected chi connectivity index (χ1v) is 6.52. The van der Waals surface area contributed by atoms with Crippen LogP contribution in [0.25, 0.3) is 0 Å². The first kappa shape index (κ1) is 14.3. The molecule has 0 atom stereocenters. The van der Waals surface area contributed by atoms with Crippen LogP contribution in [-0.2, 0) is 11.3 Å². The Balaban J connectivity index is 1.70. The number of hydrogen-bond donors (Lipinski definition) is 1. The number of methoxy groups -OCH3 is 1. The molecule has 2 rings (SSSR count). The van der Waals surface area contributed by atoms with E-state index in [0.717, 1.165) is 25.3 Å². The predicted molar refractivity (Wildman–Crippen MR) is 74.7 cm³/mol. The molecule has 0 saturated heterocycles. The van der Waals surface area contributed by atoms with Crippen LogP contribution in [-0.4, -0.2) is 46.4 Å². The first-order valence-electron chi connectivity index (χ1n) is 6.52. The Kier molecular flexibility index (Phi) is 5.78. The lowest BCUT2D eigenvalue weighted by Gasteiger charge is -2.08. The number of aromatic nitrogens is 4. The summed E-state index contributed by atoms with van der Waals surface area (Å²) < 4.78 is 12.4. The highest BCUT2D eigenvalue weighted by atomic mass is 16.5. The Morgan fingerprint density at radius 1 is 1.30 bits per heavy atom. The van der Waals surface area contributed by atoms with Crippen LogP contribution in [0.4, 0.5) is 5.82 Å². The van der Waals surface area contributed by atoms with Crippen LogP contribution < -0.4 is 10.1 Å². The average molecular weight is 277 g/mol. The largest absolute Gasteiger partial charge is 0.475 e. The number of imidazole rings is 1. The van der Waals surface area contributed by atoms with Gasteiger partial charge in [0.1, 0.15) is 18.8 Å². The third-order valence-corrected chi connectivity index (χ3v) is 2.64. The molecule has 0 unspecified atom stereocenters. The molecule has 0 saturated carbocycles. The number of nitrogens with one attached hydrogen (secondary N) is 1. The third kappa shape index (κ3) is 4.85. The van der Waals surface area contributed by atoms with Gasteiger partial charge in [-0.15, -0.1) is 0 Å². The molecule has 1 N–H and O–H groups in total. The molecule has 0 aromatic carbocycles. The molecule has 0 aliphatic carbocycles. The zero-order valence-corrected chi connectivity index (χ0v) is 11.5. The highest BCUT2D eigenvalue weighted by molar-refractivity contribution is 5.36. The topological polar surface area (TPSA) is 74.1 Å². The smallest absolute Gasteiger partial charge is 0.218 e. The minimum atomic E-state index is 0.480. The van der Waals surface area contributed by atoms with Gasteiger partial charge in [-0.3, -0.25) is 0 Å². The summed E-state index contributed by atoms with van der Waals surface area (Å²) in [5, 5.41) is 3.24. The standard InChI is InChI=1S/C13H19N5O2/c1-19-7-8-20-13-9-12(16-10-17-13)15-3-2-5-18-6-4-14-11-18/h4,6,9-11H,2-3,5,7-8H2,1H3,(H,15,16,17). The number of nitrogens with zero attached hydrogens (tertiary/aromatic N) is 4. The molecule has 2 aromatic heterocycles. The number of aryl methyl sites for hydroxylation is 1. The second kappa shape index (κ2) is 8.11. The Morgan fingerprint density at radius 3 is 3.05 bits per heavy atom. The van der Waals surface area contributed by atoms with Crippen molar-refractivity contribution < 1.29 is 9.47 Å². The van der Waals surface area contributed by atoms with E-state index < -0.39 is 0 Å². The van der Waals surface area contributed by atoms with E-state index in [1.807, 2.05) is 17.1 Å². The average Bonchev–Trinajstić information content (AvgIpc) is 2.98. The summed E-state index contributed by atoms with van der Waals surface area (Å²) in [6.07, 6.45) is 8.01. The Hall–Kier alpha value is -2.15. The van der Waals surface area contributed by atoms with Crippen LogP contribution in [0.1, 0.15) is 6.42 Å². The summed E-state index contributed by atoms with van der Waals surface area (Å²) in [5.41, 5.74) is 0. The number of anilines is 1. The van der Waals surface area contributed by atoms with Crippen molar-refractivity contribution in [2.45, 2.75) is 13.0 Å². The summed E-state index contributed by atoms with van der Waals surface area (Å²) in [4.78, 5) is 12.2. The second-order valence-electron chi connectivity index (χ2n) is 4.16. The SMILES string of the molecule is COCCOc1cc(NCCCn2ccnc2)ncn1. The molecule has 0 fully saturated rings. The Labute approximate surface area is 118 Å². The summed E-state index contributed by atoms with van der Waals surface area (Å²) in [6.45, 7) is 2.77.